The van der Waals surface area contributed by atoms with E-state index in [9.17, 15) is 14.3 Å². The highest BCUT2D eigenvalue weighted by atomic mass is 31.2. The van der Waals surface area contributed by atoms with Crippen molar-refractivity contribution in [3.05, 3.63) is 12.2 Å². The van der Waals surface area contributed by atoms with Crippen LogP contribution in [0.25, 0.3) is 0 Å². The van der Waals surface area contributed by atoms with Gasteiger partial charge in [-0.2, -0.15) is 0 Å². The third kappa shape index (κ3) is 34.4. The summed E-state index contributed by atoms with van der Waals surface area (Å²) in [4.78, 5) is 25.1. The quantitative estimate of drug-likeness (QED) is 0.0151. The number of allylic oxidation sites excluding steroid dienone is 1. The molecule has 0 radical (unpaired) electrons. The number of epoxide rings is 1. The molecule has 9 nitrogen and oxygen atoms in total. The van der Waals surface area contributed by atoms with Crippen LogP contribution in [0.3, 0.4) is 0 Å². The number of unbranched alkanes of at least 4 members (excludes halogenated alkanes) is 22. The lowest BCUT2D eigenvalue weighted by Crippen LogP contribution is -2.37. The van der Waals surface area contributed by atoms with Gasteiger partial charge in [-0.05, 0) is 38.5 Å². The van der Waals surface area contributed by atoms with Gasteiger partial charge in [0, 0.05) is 13.0 Å². The van der Waals surface area contributed by atoms with E-state index in [1.54, 1.807) is 0 Å². The zero-order valence-corrected chi connectivity index (χ0v) is 36.8. The number of quaternary nitrogens is 1. The first-order chi connectivity index (χ1) is 26.1. The molecule has 1 aliphatic heterocycles. The molecule has 0 amide bonds. The molecule has 1 rings (SSSR count). The molecule has 0 aromatic carbocycles. The van der Waals surface area contributed by atoms with Gasteiger partial charge in [0.1, 0.15) is 19.3 Å². The van der Waals surface area contributed by atoms with Gasteiger partial charge in [-0.1, -0.05) is 161 Å². The molecule has 0 aliphatic carbocycles. The molecule has 0 bridgehead atoms. The van der Waals surface area contributed by atoms with E-state index in [-0.39, 0.29) is 25.8 Å². The molecular weight excluding hydrogens is 701 g/mol. The minimum absolute atomic E-state index is 0.0236. The molecule has 0 spiro atoms. The average Bonchev–Trinajstić information content (AvgIpc) is 3.87. The number of esters is 1. The van der Waals surface area contributed by atoms with Crippen molar-refractivity contribution >= 4 is 13.8 Å². The summed E-state index contributed by atoms with van der Waals surface area (Å²) in [5.41, 5.74) is 0. The zero-order chi connectivity index (χ0) is 39.6. The number of phosphoric ester groups is 1. The van der Waals surface area contributed by atoms with Crippen LogP contribution in [0.1, 0.15) is 194 Å². The fourth-order valence-corrected chi connectivity index (χ4v) is 7.34. The molecule has 0 saturated carbocycles. The maximum atomic E-state index is 12.7. The monoisotopic (exact) mass is 788 g/mol. The summed E-state index contributed by atoms with van der Waals surface area (Å²) in [6.45, 7) is 5.39. The number of ether oxygens (including phenoxy) is 3. The maximum absolute atomic E-state index is 12.7. The summed E-state index contributed by atoms with van der Waals surface area (Å²) in [7, 11) is 1.35. The predicted octanol–water partition coefficient (Wildman–Crippen LogP) is 11.4. The second kappa shape index (κ2) is 34.3. The van der Waals surface area contributed by atoms with Crippen molar-refractivity contribution in [1.82, 2.24) is 0 Å². The fourth-order valence-electron chi connectivity index (χ4n) is 6.61. The second-order valence-corrected chi connectivity index (χ2v) is 18.2. The zero-order valence-electron chi connectivity index (χ0n) is 35.9. The lowest BCUT2D eigenvalue weighted by molar-refractivity contribution is -0.870. The Labute approximate surface area is 333 Å². The van der Waals surface area contributed by atoms with Gasteiger partial charge in [-0.25, -0.2) is 0 Å². The van der Waals surface area contributed by atoms with E-state index in [4.69, 9.17) is 23.3 Å². The van der Waals surface area contributed by atoms with E-state index in [2.05, 4.69) is 26.0 Å². The Bertz CT molecular complexity index is 942. The molecule has 4 unspecified atom stereocenters. The summed E-state index contributed by atoms with van der Waals surface area (Å²) in [5, 5.41) is 0. The van der Waals surface area contributed by atoms with E-state index < -0.39 is 13.9 Å². The minimum Gasteiger partial charge on any atom is -0.756 e. The summed E-state index contributed by atoms with van der Waals surface area (Å²) < 4.78 is 40.4. The van der Waals surface area contributed by atoms with Crippen molar-refractivity contribution in [2.45, 2.75) is 212 Å². The number of phosphoric acid groups is 1. The highest BCUT2D eigenvalue weighted by Crippen LogP contribution is 2.38. The van der Waals surface area contributed by atoms with Gasteiger partial charge in [0.2, 0.25) is 0 Å². The van der Waals surface area contributed by atoms with Crippen molar-refractivity contribution in [2.75, 3.05) is 54.1 Å². The van der Waals surface area contributed by atoms with E-state index >= 15 is 0 Å². The third-order valence-electron chi connectivity index (χ3n) is 10.2. The van der Waals surface area contributed by atoms with Crippen LogP contribution in [0.15, 0.2) is 12.2 Å². The van der Waals surface area contributed by atoms with Crippen molar-refractivity contribution in [3.8, 4) is 0 Å². The Morgan fingerprint density at radius 2 is 1.20 bits per heavy atom. The minimum atomic E-state index is -4.53. The van der Waals surface area contributed by atoms with Gasteiger partial charge in [-0.15, -0.1) is 0 Å². The van der Waals surface area contributed by atoms with Crippen molar-refractivity contribution in [2.24, 2.45) is 0 Å². The molecule has 1 aliphatic rings. The number of hydrogen-bond acceptors (Lipinski definition) is 8. The third-order valence-corrected chi connectivity index (χ3v) is 11.2. The highest BCUT2D eigenvalue weighted by molar-refractivity contribution is 7.45. The Kier molecular flexibility index (Phi) is 32.5. The number of likely N-dealkylation sites (N-methyl/N-ethyl adjacent to an activating group) is 1. The topological polar surface area (TPSA) is 107 Å². The van der Waals surface area contributed by atoms with Crippen LogP contribution in [0.5, 0.6) is 0 Å². The van der Waals surface area contributed by atoms with Crippen molar-refractivity contribution < 1.29 is 42.0 Å². The average molecular weight is 788 g/mol. The standard InChI is InChI=1S/C44H86NO8P/c1-6-8-10-11-12-13-14-15-16-17-18-19-22-25-28-32-37-49-39-41(40-51-54(47,48)50-38-36-45(3,4)5)52-44(46)35-31-27-24-21-20-23-26-30-34-43-42(53-43)33-29-9-7-2/h26,30,41-43H,6-25,27-29,31-40H2,1-5H3/b30-26-. The fraction of sp³-hybridized carbons (Fsp3) is 0.932. The number of carbonyl (C=O) groups excluding carboxylic acids is 1. The van der Waals surface area contributed by atoms with Gasteiger partial charge in [-0.3, -0.25) is 9.36 Å². The molecule has 1 heterocycles. The van der Waals surface area contributed by atoms with Gasteiger partial charge >= 0.3 is 5.97 Å². The summed E-state index contributed by atoms with van der Waals surface area (Å²) in [6.07, 6.45) is 38.2. The maximum Gasteiger partial charge on any atom is 0.306 e. The molecule has 10 heteroatoms. The Balaban J connectivity index is 2.20. The molecule has 320 valence electrons. The normalized spacial score (nSPS) is 17.6. The number of carbonyl (C=O) groups is 1. The van der Waals surface area contributed by atoms with Crippen molar-refractivity contribution in [1.29, 1.82) is 0 Å². The van der Waals surface area contributed by atoms with Gasteiger partial charge < -0.3 is 32.6 Å². The largest absolute Gasteiger partial charge is 0.756 e. The van der Waals surface area contributed by atoms with Crippen LogP contribution in [0, 0.1) is 0 Å². The van der Waals surface area contributed by atoms with Crippen LogP contribution < -0.4 is 4.89 Å². The summed E-state index contributed by atoms with van der Waals surface area (Å²) >= 11 is 0. The lowest BCUT2D eigenvalue weighted by Gasteiger charge is -2.28. The van der Waals surface area contributed by atoms with E-state index in [0.29, 0.717) is 36.3 Å². The van der Waals surface area contributed by atoms with E-state index in [1.165, 1.54) is 116 Å². The summed E-state index contributed by atoms with van der Waals surface area (Å²) in [6, 6.07) is 0. The van der Waals surface area contributed by atoms with Gasteiger partial charge in [0.15, 0.2) is 0 Å². The Morgan fingerprint density at radius 1 is 0.667 bits per heavy atom. The SMILES string of the molecule is CCCCCCCCCCCCCCCCCCOCC(COP(=O)([O-])OCC[N+](C)(C)C)OC(=O)CCCCCCC/C=C\CC1OC1CCCCC. The molecular formula is C44H86NO8P. The molecule has 0 N–H and O–H groups in total. The molecule has 4 atom stereocenters. The predicted molar refractivity (Wildman–Crippen MR) is 222 cm³/mol. The number of nitrogens with zero attached hydrogens (tertiary/aromatic N) is 1. The van der Waals surface area contributed by atoms with E-state index in [1.807, 2.05) is 21.1 Å². The van der Waals surface area contributed by atoms with Gasteiger partial charge in [0.25, 0.3) is 7.82 Å². The second-order valence-electron chi connectivity index (χ2n) is 16.8. The molecule has 0 aromatic rings. The first-order valence-electron chi connectivity index (χ1n) is 22.5. The van der Waals surface area contributed by atoms with E-state index in [0.717, 1.165) is 57.8 Å². The van der Waals surface area contributed by atoms with Crippen molar-refractivity contribution in [3.63, 3.8) is 0 Å². The Morgan fingerprint density at radius 3 is 1.80 bits per heavy atom. The summed E-state index contributed by atoms with van der Waals surface area (Å²) in [5.74, 6) is -0.348. The smallest absolute Gasteiger partial charge is 0.306 e. The van der Waals surface area contributed by atoms with Crippen LogP contribution in [-0.4, -0.2) is 82.9 Å². The molecule has 1 saturated heterocycles. The first-order valence-corrected chi connectivity index (χ1v) is 24.0. The van der Waals surface area contributed by atoms with Crippen LogP contribution in [0.2, 0.25) is 0 Å². The molecule has 0 aromatic heterocycles. The van der Waals surface area contributed by atoms with Crippen LogP contribution in [0.4, 0.5) is 0 Å². The molecule has 1 fully saturated rings. The van der Waals surface area contributed by atoms with Crippen LogP contribution in [-0.2, 0) is 32.6 Å². The number of hydrogen-bond donors (Lipinski definition) is 0. The lowest BCUT2D eigenvalue weighted by atomic mass is 10.0. The molecule has 54 heavy (non-hydrogen) atoms. The first kappa shape index (κ1) is 51.2. The van der Waals surface area contributed by atoms with Gasteiger partial charge in [0.05, 0.1) is 46.6 Å². The number of rotatable bonds is 41. The highest BCUT2D eigenvalue weighted by Gasteiger charge is 2.36. The van der Waals surface area contributed by atoms with Crippen LogP contribution >= 0.6 is 7.82 Å². The Hall–Kier alpha value is -0.800.